The smallest absolute Gasteiger partial charge is 0.307 e. The van der Waals surface area contributed by atoms with E-state index in [1.807, 2.05) is 42.2 Å². The number of piperidine rings is 1. The number of rotatable bonds is 5. The summed E-state index contributed by atoms with van der Waals surface area (Å²) in [7, 11) is 0. The highest BCUT2D eigenvalue weighted by Gasteiger charge is 2.27. The van der Waals surface area contributed by atoms with Crippen LogP contribution in [0, 0.1) is 5.92 Å². The molecule has 0 aliphatic carbocycles. The van der Waals surface area contributed by atoms with Crippen molar-refractivity contribution in [2.24, 2.45) is 5.92 Å². The van der Waals surface area contributed by atoms with E-state index < -0.39 is 5.97 Å². The SMILES string of the molecule is CCN(C(=O)CN1CCCC(C(=O)O)C1)c1ccccc1. The van der Waals surface area contributed by atoms with Gasteiger partial charge in [-0.25, -0.2) is 0 Å². The summed E-state index contributed by atoms with van der Waals surface area (Å²) in [5, 5.41) is 9.10. The lowest BCUT2D eigenvalue weighted by Gasteiger charge is -2.32. The molecule has 1 aromatic rings. The molecule has 0 bridgehead atoms. The molecule has 0 saturated carbocycles. The molecule has 1 aromatic carbocycles. The van der Waals surface area contributed by atoms with Crippen molar-refractivity contribution in [3.63, 3.8) is 0 Å². The van der Waals surface area contributed by atoms with Crippen molar-refractivity contribution in [3.8, 4) is 0 Å². The van der Waals surface area contributed by atoms with Crippen molar-refractivity contribution < 1.29 is 14.7 Å². The number of para-hydroxylation sites is 1. The van der Waals surface area contributed by atoms with Crippen LogP contribution in [-0.2, 0) is 9.59 Å². The van der Waals surface area contributed by atoms with Gasteiger partial charge in [0.25, 0.3) is 0 Å². The van der Waals surface area contributed by atoms with Crippen LogP contribution in [0.25, 0.3) is 0 Å². The van der Waals surface area contributed by atoms with E-state index in [0.717, 1.165) is 18.7 Å². The van der Waals surface area contributed by atoms with Crippen LogP contribution in [0.1, 0.15) is 19.8 Å². The van der Waals surface area contributed by atoms with Crippen LogP contribution >= 0.6 is 0 Å². The minimum absolute atomic E-state index is 0.0229. The summed E-state index contributed by atoms with van der Waals surface area (Å²) in [5.41, 5.74) is 0.886. The van der Waals surface area contributed by atoms with Gasteiger partial charge in [-0.15, -0.1) is 0 Å². The number of hydrogen-bond acceptors (Lipinski definition) is 3. The number of likely N-dealkylation sites (N-methyl/N-ethyl adjacent to an activating group) is 1. The first-order chi connectivity index (χ1) is 10.1. The number of carboxylic acid groups (broad SMARTS) is 1. The van der Waals surface area contributed by atoms with Crippen LogP contribution in [0.15, 0.2) is 30.3 Å². The molecule has 5 nitrogen and oxygen atoms in total. The minimum atomic E-state index is -0.762. The number of nitrogens with zero attached hydrogens (tertiary/aromatic N) is 2. The zero-order valence-electron chi connectivity index (χ0n) is 12.4. The van der Waals surface area contributed by atoms with Crippen LogP contribution in [0.2, 0.25) is 0 Å². The molecule has 0 radical (unpaired) electrons. The number of amides is 1. The molecule has 0 spiro atoms. The Hall–Kier alpha value is -1.88. The van der Waals surface area contributed by atoms with Gasteiger partial charge in [-0.2, -0.15) is 0 Å². The van der Waals surface area contributed by atoms with Crippen LogP contribution in [0.5, 0.6) is 0 Å². The molecule has 21 heavy (non-hydrogen) atoms. The van der Waals surface area contributed by atoms with Gasteiger partial charge in [0, 0.05) is 18.8 Å². The first kappa shape index (κ1) is 15.5. The number of anilines is 1. The number of carbonyl (C=O) groups is 2. The molecular weight excluding hydrogens is 268 g/mol. The van der Waals surface area contributed by atoms with Crippen molar-refractivity contribution in [1.82, 2.24) is 4.90 Å². The van der Waals surface area contributed by atoms with Crippen molar-refractivity contribution in [2.45, 2.75) is 19.8 Å². The van der Waals surface area contributed by atoms with E-state index in [0.29, 0.717) is 19.5 Å². The Morgan fingerprint density at radius 2 is 2.05 bits per heavy atom. The van der Waals surface area contributed by atoms with E-state index in [2.05, 4.69) is 0 Å². The molecule has 1 aliphatic rings. The molecule has 5 heteroatoms. The van der Waals surface area contributed by atoms with Gasteiger partial charge in [0.15, 0.2) is 0 Å². The lowest BCUT2D eigenvalue weighted by Crippen LogP contribution is -2.45. The first-order valence-electron chi connectivity index (χ1n) is 7.42. The van der Waals surface area contributed by atoms with Crippen molar-refractivity contribution >= 4 is 17.6 Å². The van der Waals surface area contributed by atoms with Crippen LogP contribution in [0.4, 0.5) is 5.69 Å². The summed E-state index contributed by atoms with van der Waals surface area (Å²) in [6.07, 6.45) is 1.54. The topological polar surface area (TPSA) is 60.9 Å². The highest BCUT2D eigenvalue weighted by molar-refractivity contribution is 5.94. The summed E-state index contributed by atoms with van der Waals surface area (Å²) in [6, 6.07) is 9.57. The lowest BCUT2D eigenvalue weighted by atomic mass is 9.98. The zero-order valence-corrected chi connectivity index (χ0v) is 12.4. The molecule has 1 unspecified atom stereocenters. The Morgan fingerprint density at radius 3 is 2.67 bits per heavy atom. The maximum Gasteiger partial charge on any atom is 0.307 e. The van der Waals surface area contributed by atoms with E-state index in [9.17, 15) is 9.59 Å². The Bertz CT molecular complexity index is 490. The van der Waals surface area contributed by atoms with E-state index >= 15 is 0 Å². The second-order valence-corrected chi connectivity index (χ2v) is 5.39. The highest BCUT2D eigenvalue weighted by atomic mass is 16.4. The molecule has 1 N–H and O–H groups in total. The van der Waals surface area contributed by atoms with Gasteiger partial charge < -0.3 is 10.0 Å². The maximum absolute atomic E-state index is 12.5. The fourth-order valence-corrected chi connectivity index (χ4v) is 2.79. The third kappa shape index (κ3) is 4.04. The lowest BCUT2D eigenvalue weighted by molar-refractivity contribution is -0.144. The molecule has 1 aliphatic heterocycles. The normalized spacial score (nSPS) is 19.2. The molecule has 1 amide bonds. The van der Waals surface area contributed by atoms with Crippen LogP contribution < -0.4 is 4.90 Å². The number of benzene rings is 1. The third-order valence-electron chi connectivity index (χ3n) is 3.90. The Kier molecular flexibility index (Phi) is 5.33. The van der Waals surface area contributed by atoms with Crippen molar-refractivity contribution in [2.75, 3.05) is 31.1 Å². The molecule has 2 rings (SSSR count). The average molecular weight is 290 g/mol. The standard InChI is InChI=1S/C16H22N2O3/c1-2-18(14-8-4-3-5-9-14)15(19)12-17-10-6-7-13(11-17)16(20)21/h3-5,8-9,13H,2,6-7,10-12H2,1H3,(H,20,21). The second kappa shape index (κ2) is 7.22. The minimum Gasteiger partial charge on any atom is -0.481 e. The molecule has 1 atom stereocenters. The van der Waals surface area contributed by atoms with Gasteiger partial charge in [-0.05, 0) is 38.4 Å². The largest absolute Gasteiger partial charge is 0.481 e. The number of aliphatic carboxylic acids is 1. The van der Waals surface area contributed by atoms with E-state index in [4.69, 9.17) is 5.11 Å². The summed E-state index contributed by atoms with van der Waals surface area (Å²) < 4.78 is 0. The average Bonchev–Trinajstić information content (AvgIpc) is 2.49. The van der Waals surface area contributed by atoms with E-state index in [1.54, 1.807) is 4.90 Å². The van der Waals surface area contributed by atoms with Crippen LogP contribution in [-0.4, -0.2) is 48.1 Å². The molecule has 1 saturated heterocycles. The summed E-state index contributed by atoms with van der Waals surface area (Å²) in [4.78, 5) is 27.2. The van der Waals surface area contributed by atoms with Crippen molar-refractivity contribution in [3.05, 3.63) is 30.3 Å². The quantitative estimate of drug-likeness (QED) is 0.899. The van der Waals surface area contributed by atoms with Gasteiger partial charge in [-0.3, -0.25) is 14.5 Å². The maximum atomic E-state index is 12.5. The molecule has 1 fully saturated rings. The zero-order chi connectivity index (χ0) is 15.2. The highest BCUT2D eigenvalue weighted by Crippen LogP contribution is 2.18. The van der Waals surface area contributed by atoms with E-state index in [1.165, 1.54) is 0 Å². The number of likely N-dealkylation sites (tertiary alicyclic amines) is 1. The number of hydrogen-bond donors (Lipinski definition) is 1. The summed E-state index contributed by atoms with van der Waals surface area (Å²) in [5.74, 6) is -1.09. The Labute approximate surface area is 125 Å². The second-order valence-electron chi connectivity index (χ2n) is 5.39. The third-order valence-corrected chi connectivity index (χ3v) is 3.90. The van der Waals surface area contributed by atoms with Gasteiger partial charge >= 0.3 is 5.97 Å². The number of carboxylic acids is 1. The van der Waals surface area contributed by atoms with E-state index in [-0.39, 0.29) is 18.4 Å². The van der Waals surface area contributed by atoms with Gasteiger partial charge in [0.05, 0.1) is 12.5 Å². The molecule has 0 aromatic heterocycles. The Morgan fingerprint density at radius 1 is 1.33 bits per heavy atom. The summed E-state index contributed by atoms with van der Waals surface area (Å²) in [6.45, 7) is 4.10. The van der Waals surface area contributed by atoms with Gasteiger partial charge in [-0.1, -0.05) is 18.2 Å². The monoisotopic (exact) mass is 290 g/mol. The first-order valence-corrected chi connectivity index (χ1v) is 7.42. The fourth-order valence-electron chi connectivity index (χ4n) is 2.79. The fraction of sp³-hybridized carbons (Fsp3) is 0.500. The number of carbonyl (C=O) groups excluding carboxylic acids is 1. The van der Waals surface area contributed by atoms with Crippen LogP contribution in [0.3, 0.4) is 0 Å². The van der Waals surface area contributed by atoms with Gasteiger partial charge in [0.2, 0.25) is 5.91 Å². The molecule has 114 valence electrons. The molecular formula is C16H22N2O3. The van der Waals surface area contributed by atoms with Crippen molar-refractivity contribution in [1.29, 1.82) is 0 Å². The van der Waals surface area contributed by atoms with Gasteiger partial charge in [0.1, 0.15) is 0 Å². The Balaban J connectivity index is 1.98. The predicted molar refractivity (Wildman–Crippen MR) is 81.3 cm³/mol. The predicted octanol–water partition coefficient (Wildman–Crippen LogP) is 1.84. The molecule has 1 heterocycles. The summed E-state index contributed by atoms with van der Waals surface area (Å²) >= 11 is 0.